The van der Waals surface area contributed by atoms with Gasteiger partial charge in [0.1, 0.15) is 0 Å². The maximum Gasteiger partial charge on any atom is 0.0363 e. The van der Waals surface area contributed by atoms with Gasteiger partial charge < -0.3 is 9.80 Å². The van der Waals surface area contributed by atoms with Crippen LogP contribution in [0.1, 0.15) is 52.0 Å². The maximum atomic E-state index is 2.36. The zero-order valence-corrected chi connectivity index (χ0v) is 15.1. The molecule has 0 spiro atoms. The molecule has 0 radical (unpaired) electrons. The fourth-order valence-corrected chi connectivity index (χ4v) is 2.53. The van der Waals surface area contributed by atoms with Gasteiger partial charge in [-0.1, -0.05) is 46.2 Å². The van der Waals surface area contributed by atoms with E-state index in [1.165, 1.54) is 24.1 Å². The van der Waals surface area contributed by atoms with E-state index in [1.807, 2.05) is 0 Å². The smallest absolute Gasteiger partial charge is 0.0363 e. The third-order valence-corrected chi connectivity index (χ3v) is 5.02. The zero-order chi connectivity index (χ0) is 16.0. The van der Waals surface area contributed by atoms with Crippen LogP contribution >= 0.6 is 0 Å². The second-order valence-corrected chi connectivity index (χ2v) is 7.23. The highest BCUT2D eigenvalue weighted by Gasteiger charge is 2.24. The summed E-state index contributed by atoms with van der Waals surface area (Å²) in [5.74, 6) is 0.593. The van der Waals surface area contributed by atoms with E-state index < -0.39 is 0 Å². The van der Waals surface area contributed by atoms with Gasteiger partial charge in [0.25, 0.3) is 0 Å². The van der Waals surface area contributed by atoms with Crippen molar-refractivity contribution in [3.05, 3.63) is 29.8 Å². The molecule has 0 aromatic heterocycles. The first kappa shape index (κ1) is 18.0. The lowest BCUT2D eigenvalue weighted by molar-refractivity contribution is 0.289. The molecule has 0 unspecified atom stereocenters. The Balaban J connectivity index is 2.65. The van der Waals surface area contributed by atoms with Gasteiger partial charge >= 0.3 is 0 Å². The molecular formula is C19H34N2. The molecule has 0 fully saturated rings. The van der Waals surface area contributed by atoms with Crippen LogP contribution in [-0.2, 0) is 0 Å². The third-order valence-electron chi connectivity index (χ3n) is 5.02. The average Bonchev–Trinajstić information content (AvgIpc) is 2.46. The van der Waals surface area contributed by atoms with E-state index in [4.69, 9.17) is 0 Å². The van der Waals surface area contributed by atoms with Crippen molar-refractivity contribution in [2.24, 2.45) is 5.41 Å². The lowest BCUT2D eigenvalue weighted by Crippen LogP contribution is -2.23. The van der Waals surface area contributed by atoms with Gasteiger partial charge in [-0.3, -0.25) is 0 Å². The molecule has 1 aromatic carbocycles. The van der Waals surface area contributed by atoms with E-state index in [0.717, 1.165) is 13.1 Å². The van der Waals surface area contributed by atoms with E-state index in [0.29, 0.717) is 11.3 Å². The number of anilines is 1. The number of rotatable bonds is 8. The Morgan fingerprint density at radius 3 is 2.05 bits per heavy atom. The van der Waals surface area contributed by atoms with E-state index in [1.54, 1.807) is 0 Å². The van der Waals surface area contributed by atoms with Crippen molar-refractivity contribution in [2.75, 3.05) is 39.1 Å². The van der Waals surface area contributed by atoms with Gasteiger partial charge in [-0.15, -0.1) is 0 Å². The summed E-state index contributed by atoms with van der Waals surface area (Å²) in [5.41, 5.74) is 3.13. The molecule has 0 bridgehead atoms. The minimum absolute atomic E-state index is 0.360. The van der Waals surface area contributed by atoms with Crippen LogP contribution in [0.15, 0.2) is 24.3 Å². The topological polar surface area (TPSA) is 6.48 Å². The number of hydrogen-bond donors (Lipinski definition) is 0. The Labute approximate surface area is 132 Å². The van der Waals surface area contributed by atoms with Gasteiger partial charge in [0.2, 0.25) is 0 Å². The summed E-state index contributed by atoms with van der Waals surface area (Å²) < 4.78 is 0. The highest BCUT2D eigenvalue weighted by atomic mass is 15.1. The van der Waals surface area contributed by atoms with Crippen LogP contribution in [0, 0.1) is 5.41 Å². The van der Waals surface area contributed by atoms with Gasteiger partial charge in [-0.25, -0.2) is 0 Å². The van der Waals surface area contributed by atoms with Gasteiger partial charge in [0.15, 0.2) is 0 Å². The molecule has 0 amide bonds. The largest absolute Gasteiger partial charge is 0.375 e. The average molecular weight is 290 g/mol. The summed E-state index contributed by atoms with van der Waals surface area (Å²) in [4.78, 5) is 4.59. The molecule has 0 aliphatic rings. The molecule has 2 nitrogen and oxygen atoms in total. The predicted molar refractivity (Wildman–Crippen MR) is 95.4 cm³/mol. The molecular weight excluding hydrogens is 256 g/mol. The summed E-state index contributed by atoms with van der Waals surface area (Å²) in [6.07, 6.45) is 2.41. The first-order valence-electron chi connectivity index (χ1n) is 8.23. The lowest BCUT2D eigenvalue weighted by atomic mass is 9.74. The van der Waals surface area contributed by atoms with Crippen LogP contribution in [0.2, 0.25) is 0 Å². The minimum atomic E-state index is 0.360. The van der Waals surface area contributed by atoms with E-state index in [-0.39, 0.29) is 0 Å². The Morgan fingerprint density at radius 1 is 1.00 bits per heavy atom. The Kier molecular flexibility index (Phi) is 6.73. The van der Waals surface area contributed by atoms with Gasteiger partial charge in [-0.2, -0.15) is 0 Å². The van der Waals surface area contributed by atoms with Crippen molar-refractivity contribution in [3.8, 4) is 0 Å². The number of hydrogen-bond acceptors (Lipinski definition) is 2. The molecule has 0 saturated carbocycles. The van der Waals surface area contributed by atoms with Crippen molar-refractivity contribution in [2.45, 2.75) is 46.5 Å². The minimum Gasteiger partial charge on any atom is -0.375 e. The molecule has 0 aliphatic heterocycles. The molecule has 1 aromatic rings. The highest BCUT2D eigenvalue weighted by Crippen LogP contribution is 2.38. The van der Waals surface area contributed by atoms with E-state index in [2.05, 4.69) is 82.9 Å². The molecule has 120 valence electrons. The predicted octanol–water partition coefficient (Wildman–Crippen LogP) is 4.61. The van der Waals surface area contributed by atoms with Crippen LogP contribution < -0.4 is 4.90 Å². The Hall–Kier alpha value is -1.02. The van der Waals surface area contributed by atoms with Crippen LogP contribution in [0.3, 0.4) is 0 Å². The lowest BCUT2D eigenvalue weighted by Gasteiger charge is -2.31. The number of benzene rings is 1. The summed E-state index contributed by atoms with van der Waals surface area (Å²) >= 11 is 0. The summed E-state index contributed by atoms with van der Waals surface area (Å²) in [6, 6.07) is 9.15. The molecule has 0 heterocycles. The fourth-order valence-electron chi connectivity index (χ4n) is 2.53. The number of nitrogens with zero attached hydrogens (tertiary/aromatic N) is 2. The first-order valence-corrected chi connectivity index (χ1v) is 8.23. The van der Waals surface area contributed by atoms with Crippen LogP contribution in [0.25, 0.3) is 0 Å². The first-order chi connectivity index (χ1) is 9.77. The summed E-state index contributed by atoms with van der Waals surface area (Å²) in [6.45, 7) is 11.6. The molecule has 1 atom stereocenters. The van der Waals surface area contributed by atoms with Crippen LogP contribution in [0.5, 0.6) is 0 Å². The van der Waals surface area contributed by atoms with E-state index in [9.17, 15) is 0 Å². The zero-order valence-electron chi connectivity index (χ0n) is 15.1. The van der Waals surface area contributed by atoms with Gasteiger partial charge in [0.05, 0.1) is 0 Å². The maximum absolute atomic E-state index is 2.36. The van der Waals surface area contributed by atoms with Crippen LogP contribution in [0.4, 0.5) is 5.69 Å². The summed E-state index contributed by atoms with van der Waals surface area (Å²) in [7, 11) is 6.45. The monoisotopic (exact) mass is 290 g/mol. The molecule has 0 N–H and O–H groups in total. The molecule has 0 saturated heterocycles. The summed E-state index contributed by atoms with van der Waals surface area (Å²) in [5, 5.41) is 0. The molecule has 2 heteroatoms. The van der Waals surface area contributed by atoms with Gasteiger partial charge in [-0.05, 0) is 56.1 Å². The molecule has 21 heavy (non-hydrogen) atoms. The Morgan fingerprint density at radius 2 is 1.57 bits per heavy atom. The normalized spacial score (nSPS) is 13.5. The SMILES string of the molecule is CCC(C)(C)[C@H](C)c1ccc(N(C)CCCN(C)C)cc1. The standard InChI is InChI=1S/C19H34N2/c1-8-19(3,4)16(2)17-10-12-18(13-11-17)21(7)15-9-14-20(5)6/h10-13,16H,8-9,14-15H2,1-7H3/t16-/m1/s1. The second-order valence-electron chi connectivity index (χ2n) is 7.23. The third kappa shape index (κ3) is 5.35. The van der Waals surface area contributed by atoms with Crippen molar-refractivity contribution in [3.63, 3.8) is 0 Å². The van der Waals surface area contributed by atoms with Crippen molar-refractivity contribution in [1.82, 2.24) is 4.90 Å². The van der Waals surface area contributed by atoms with Crippen molar-refractivity contribution in [1.29, 1.82) is 0 Å². The van der Waals surface area contributed by atoms with Gasteiger partial charge in [0, 0.05) is 19.3 Å². The van der Waals surface area contributed by atoms with Crippen molar-refractivity contribution < 1.29 is 0 Å². The molecule has 0 aliphatic carbocycles. The van der Waals surface area contributed by atoms with E-state index >= 15 is 0 Å². The van der Waals surface area contributed by atoms with Crippen molar-refractivity contribution >= 4 is 5.69 Å². The highest BCUT2D eigenvalue weighted by molar-refractivity contribution is 5.47. The second kappa shape index (κ2) is 7.84. The molecule has 1 rings (SSSR count). The Bertz CT molecular complexity index is 406. The van der Waals surface area contributed by atoms with Crippen LogP contribution in [-0.4, -0.2) is 39.1 Å². The fraction of sp³-hybridized carbons (Fsp3) is 0.684. The quantitative estimate of drug-likeness (QED) is 0.689.